The number of rotatable bonds is 5. The van der Waals surface area contributed by atoms with Crippen LogP contribution in [0.1, 0.15) is 27.2 Å². The number of thioether (sulfide) groups is 1. The lowest BCUT2D eigenvalue weighted by Crippen LogP contribution is -2.08. The van der Waals surface area contributed by atoms with Gasteiger partial charge in [-0.2, -0.15) is 5.26 Å². The zero-order chi connectivity index (χ0) is 8.69. The first-order chi connectivity index (χ1) is 5.24. The maximum atomic E-state index is 8.62. The molecule has 0 aromatic carbocycles. The monoisotopic (exact) mass is 173 g/mol. The largest absolute Gasteiger partial charge is 0.368 e. The Morgan fingerprint density at radius 1 is 1.55 bits per heavy atom. The number of ether oxygens (including phenoxy) is 1. The lowest BCUT2D eigenvalue weighted by Gasteiger charge is -2.13. The first kappa shape index (κ1) is 10.8. The zero-order valence-electron chi connectivity index (χ0n) is 7.33. The molecule has 0 rings (SSSR count). The third-order valence-electron chi connectivity index (χ3n) is 1.27. The quantitative estimate of drug-likeness (QED) is 0.598. The smallest absolute Gasteiger partial charge is 0.101 e. The van der Waals surface area contributed by atoms with E-state index < -0.39 is 0 Å². The Morgan fingerprint density at radius 2 is 2.18 bits per heavy atom. The van der Waals surface area contributed by atoms with Gasteiger partial charge in [-0.25, -0.2) is 0 Å². The Hall–Kier alpha value is -0.200. The number of nitriles is 1. The fourth-order valence-corrected chi connectivity index (χ4v) is 1.65. The second-order valence-electron chi connectivity index (χ2n) is 2.19. The molecule has 0 aliphatic carbocycles. The molecule has 0 N–H and O–H groups in total. The molecule has 0 aliphatic rings. The van der Waals surface area contributed by atoms with Gasteiger partial charge in [-0.05, 0) is 20.3 Å². The predicted molar refractivity (Wildman–Crippen MR) is 48.4 cm³/mol. The van der Waals surface area contributed by atoms with Crippen LogP contribution >= 0.6 is 11.8 Å². The van der Waals surface area contributed by atoms with Crippen LogP contribution in [-0.4, -0.2) is 17.3 Å². The van der Waals surface area contributed by atoms with E-state index in [1.54, 1.807) is 11.8 Å². The highest BCUT2D eigenvalue weighted by Crippen LogP contribution is 2.20. The molecular formula is C8H15NOS. The maximum absolute atomic E-state index is 8.62. The van der Waals surface area contributed by atoms with Gasteiger partial charge in [0.2, 0.25) is 0 Å². The summed E-state index contributed by atoms with van der Waals surface area (Å²) >= 11 is 1.59. The summed E-state index contributed by atoms with van der Waals surface area (Å²) in [5.74, 6) is 0. The predicted octanol–water partition coefficient (Wildman–Crippen LogP) is 2.40. The summed E-state index contributed by atoms with van der Waals surface area (Å²) in [5.41, 5.74) is 0.143. The average molecular weight is 173 g/mol. The molecule has 0 heterocycles. The average Bonchev–Trinajstić information content (AvgIpc) is 2.01. The molecule has 0 fully saturated rings. The molecule has 0 aromatic rings. The Morgan fingerprint density at radius 3 is 2.55 bits per heavy atom. The van der Waals surface area contributed by atoms with Gasteiger partial charge in [0.1, 0.15) is 5.44 Å². The van der Waals surface area contributed by atoms with Crippen LogP contribution in [0.25, 0.3) is 0 Å². The van der Waals surface area contributed by atoms with Gasteiger partial charge in [-0.3, -0.25) is 0 Å². The van der Waals surface area contributed by atoms with Gasteiger partial charge in [-0.15, -0.1) is 11.8 Å². The molecule has 0 aliphatic heterocycles. The molecule has 64 valence electrons. The van der Waals surface area contributed by atoms with E-state index in [1.165, 1.54) is 0 Å². The van der Waals surface area contributed by atoms with Crippen LogP contribution in [0.2, 0.25) is 0 Å². The van der Waals surface area contributed by atoms with Gasteiger partial charge in [0.05, 0.1) is 11.3 Å². The topological polar surface area (TPSA) is 33.0 Å². The Bertz CT molecular complexity index is 133. The molecule has 0 saturated carbocycles. The third kappa shape index (κ3) is 5.11. The van der Waals surface area contributed by atoms with Crippen molar-refractivity contribution >= 4 is 11.8 Å². The van der Waals surface area contributed by atoms with Gasteiger partial charge >= 0.3 is 0 Å². The minimum atomic E-state index is 0.0801. The highest BCUT2D eigenvalue weighted by Gasteiger charge is 2.09. The molecule has 0 saturated heterocycles. The van der Waals surface area contributed by atoms with E-state index in [0.29, 0.717) is 0 Å². The molecule has 11 heavy (non-hydrogen) atoms. The van der Waals surface area contributed by atoms with Gasteiger partial charge in [0, 0.05) is 6.61 Å². The maximum Gasteiger partial charge on any atom is 0.101 e. The fraction of sp³-hybridized carbons (Fsp3) is 0.875. The number of hydrogen-bond acceptors (Lipinski definition) is 3. The highest BCUT2D eigenvalue weighted by molar-refractivity contribution is 8.00. The van der Waals surface area contributed by atoms with Crippen LogP contribution in [0, 0.1) is 11.3 Å². The van der Waals surface area contributed by atoms with E-state index in [-0.39, 0.29) is 10.7 Å². The SMILES string of the molecule is CCO[C@@H](C)S[C@H](C#N)CC. The molecule has 0 bridgehead atoms. The van der Waals surface area contributed by atoms with Crippen LogP contribution in [0.5, 0.6) is 0 Å². The van der Waals surface area contributed by atoms with Crippen molar-refractivity contribution in [1.29, 1.82) is 5.26 Å². The van der Waals surface area contributed by atoms with Crippen molar-refractivity contribution in [3.63, 3.8) is 0 Å². The molecule has 2 nitrogen and oxygen atoms in total. The summed E-state index contributed by atoms with van der Waals surface area (Å²) in [5, 5.41) is 8.70. The highest BCUT2D eigenvalue weighted by atomic mass is 32.2. The molecule has 0 spiro atoms. The molecule has 0 unspecified atom stereocenters. The standard InChI is InChI=1S/C8H15NOS/c1-4-8(6-9)11-7(3)10-5-2/h7-8H,4-5H2,1-3H3/t7-,8+/m1/s1. The van der Waals surface area contributed by atoms with Crippen molar-refractivity contribution in [2.45, 2.75) is 37.9 Å². The fourth-order valence-electron chi connectivity index (χ4n) is 0.723. The lowest BCUT2D eigenvalue weighted by molar-refractivity contribution is 0.137. The van der Waals surface area contributed by atoms with E-state index in [1.807, 2.05) is 20.8 Å². The minimum absolute atomic E-state index is 0.0801. The van der Waals surface area contributed by atoms with Crippen molar-refractivity contribution in [1.82, 2.24) is 0 Å². The Balaban J connectivity index is 3.55. The van der Waals surface area contributed by atoms with Gasteiger partial charge < -0.3 is 4.74 Å². The van der Waals surface area contributed by atoms with Gasteiger partial charge in [-0.1, -0.05) is 6.92 Å². The normalized spacial score (nSPS) is 15.5. The van der Waals surface area contributed by atoms with Crippen molar-refractivity contribution in [3.8, 4) is 6.07 Å². The summed E-state index contributed by atoms with van der Waals surface area (Å²) in [4.78, 5) is 0. The molecule has 2 atom stereocenters. The lowest BCUT2D eigenvalue weighted by atomic mass is 10.4. The second kappa shape index (κ2) is 6.51. The number of nitrogens with zero attached hydrogens (tertiary/aromatic N) is 1. The summed E-state index contributed by atoms with van der Waals surface area (Å²) in [6.45, 7) is 6.67. The van der Waals surface area contributed by atoms with Crippen LogP contribution < -0.4 is 0 Å². The van der Waals surface area contributed by atoms with E-state index >= 15 is 0 Å². The van der Waals surface area contributed by atoms with E-state index in [9.17, 15) is 0 Å². The van der Waals surface area contributed by atoms with Crippen molar-refractivity contribution in [2.24, 2.45) is 0 Å². The summed E-state index contributed by atoms with van der Waals surface area (Å²) in [6.07, 6.45) is 0.887. The number of hydrogen-bond donors (Lipinski definition) is 0. The van der Waals surface area contributed by atoms with Gasteiger partial charge in [0.15, 0.2) is 0 Å². The van der Waals surface area contributed by atoms with E-state index in [2.05, 4.69) is 6.07 Å². The van der Waals surface area contributed by atoms with Gasteiger partial charge in [0.25, 0.3) is 0 Å². The van der Waals surface area contributed by atoms with Crippen molar-refractivity contribution in [2.75, 3.05) is 6.61 Å². The molecule has 0 amide bonds. The zero-order valence-corrected chi connectivity index (χ0v) is 8.15. The summed E-state index contributed by atoms with van der Waals surface area (Å²) in [7, 11) is 0. The molecule has 0 radical (unpaired) electrons. The molecule has 0 aromatic heterocycles. The van der Waals surface area contributed by atoms with Crippen LogP contribution in [0.3, 0.4) is 0 Å². The Labute approximate surface area is 72.9 Å². The van der Waals surface area contributed by atoms with Crippen LogP contribution in [-0.2, 0) is 4.74 Å². The first-order valence-electron chi connectivity index (χ1n) is 3.91. The van der Waals surface area contributed by atoms with Crippen molar-refractivity contribution < 1.29 is 4.74 Å². The summed E-state index contributed by atoms with van der Waals surface area (Å²) < 4.78 is 5.29. The van der Waals surface area contributed by atoms with Crippen LogP contribution in [0.4, 0.5) is 0 Å². The second-order valence-corrected chi connectivity index (χ2v) is 3.69. The molecule has 3 heteroatoms. The first-order valence-corrected chi connectivity index (χ1v) is 4.85. The Kier molecular flexibility index (Phi) is 6.39. The third-order valence-corrected chi connectivity index (χ3v) is 2.56. The molecular weight excluding hydrogens is 158 g/mol. The van der Waals surface area contributed by atoms with E-state index in [0.717, 1.165) is 13.0 Å². The van der Waals surface area contributed by atoms with E-state index in [4.69, 9.17) is 10.00 Å². The minimum Gasteiger partial charge on any atom is -0.368 e. The van der Waals surface area contributed by atoms with Crippen molar-refractivity contribution in [3.05, 3.63) is 0 Å². The van der Waals surface area contributed by atoms with Crippen LogP contribution in [0.15, 0.2) is 0 Å². The summed E-state index contributed by atoms with van der Waals surface area (Å²) in [6, 6.07) is 2.22.